The van der Waals surface area contributed by atoms with Crippen LogP contribution in [0.5, 0.6) is 0 Å². The first-order valence-electron chi connectivity index (χ1n) is 6.46. The van der Waals surface area contributed by atoms with Gasteiger partial charge < -0.3 is 0 Å². The van der Waals surface area contributed by atoms with Gasteiger partial charge >= 0.3 is 0 Å². The number of rotatable bonds is 1. The van der Waals surface area contributed by atoms with Gasteiger partial charge in [-0.2, -0.15) is 5.10 Å². The normalized spacial score (nSPS) is 9.41. The Hall–Kier alpha value is -1.38. The second kappa shape index (κ2) is 7.82. The highest BCUT2D eigenvalue weighted by molar-refractivity contribution is 5.80. The van der Waals surface area contributed by atoms with Gasteiger partial charge in [0.2, 0.25) is 0 Å². The summed E-state index contributed by atoms with van der Waals surface area (Å²) < 4.78 is 1.83. The van der Waals surface area contributed by atoms with Gasteiger partial charge in [-0.3, -0.25) is 9.67 Å². The molecule has 0 unspecified atom stereocenters. The Labute approximate surface area is 105 Å². The van der Waals surface area contributed by atoms with Gasteiger partial charge in [-0.1, -0.05) is 41.5 Å². The molecule has 0 amide bonds. The molecule has 0 radical (unpaired) electrons. The number of nitrogens with zero attached hydrogens (tertiary/aromatic N) is 3. The first kappa shape index (κ1) is 15.6. The summed E-state index contributed by atoms with van der Waals surface area (Å²) in [6.45, 7) is 12.3. The summed E-state index contributed by atoms with van der Waals surface area (Å²) in [5.74, 6) is 0.429. The highest BCUT2D eigenvalue weighted by Gasteiger charge is 2.08. The van der Waals surface area contributed by atoms with E-state index in [1.54, 1.807) is 0 Å². The number of pyridine rings is 1. The van der Waals surface area contributed by atoms with E-state index in [0.717, 1.165) is 11.2 Å². The van der Waals surface area contributed by atoms with Crippen LogP contribution in [0, 0.1) is 0 Å². The van der Waals surface area contributed by atoms with Gasteiger partial charge in [-0.15, -0.1) is 0 Å². The van der Waals surface area contributed by atoms with Crippen LogP contribution in [0.3, 0.4) is 0 Å². The standard InChI is InChI=1S/C10H13N3.2C2H6/c1-7(2)9-10-8(4-5-11-9)6-13(3)12-10;2*1-2/h4-7H,1-3H3;2*1-2H3. The Kier molecular flexibility index (Phi) is 7.19. The van der Waals surface area contributed by atoms with Crippen LogP contribution in [-0.4, -0.2) is 14.8 Å². The molecular formula is C14H25N3. The van der Waals surface area contributed by atoms with Crippen molar-refractivity contribution in [1.82, 2.24) is 14.8 Å². The highest BCUT2D eigenvalue weighted by Crippen LogP contribution is 2.20. The Morgan fingerprint density at radius 3 is 2.24 bits per heavy atom. The Bertz CT molecular complexity index is 430. The quantitative estimate of drug-likeness (QED) is 0.743. The van der Waals surface area contributed by atoms with Crippen LogP contribution >= 0.6 is 0 Å². The van der Waals surface area contributed by atoms with E-state index in [1.165, 1.54) is 5.39 Å². The van der Waals surface area contributed by atoms with E-state index in [2.05, 4.69) is 23.9 Å². The fraction of sp³-hybridized carbons (Fsp3) is 0.571. The average Bonchev–Trinajstić information content (AvgIpc) is 2.73. The number of hydrogen-bond acceptors (Lipinski definition) is 2. The van der Waals surface area contributed by atoms with Crippen LogP contribution in [0.25, 0.3) is 10.9 Å². The molecule has 0 atom stereocenters. The molecule has 17 heavy (non-hydrogen) atoms. The largest absolute Gasteiger partial charge is 0.275 e. The van der Waals surface area contributed by atoms with Crippen molar-refractivity contribution in [2.45, 2.75) is 47.5 Å². The third-order valence-electron chi connectivity index (χ3n) is 2.11. The predicted octanol–water partition coefficient (Wildman–Crippen LogP) is 4.14. The topological polar surface area (TPSA) is 30.7 Å². The molecule has 96 valence electrons. The van der Waals surface area contributed by atoms with Gasteiger partial charge in [0.15, 0.2) is 0 Å². The van der Waals surface area contributed by atoms with Crippen LogP contribution in [0.15, 0.2) is 18.5 Å². The van der Waals surface area contributed by atoms with E-state index >= 15 is 0 Å². The van der Waals surface area contributed by atoms with Crippen molar-refractivity contribution in [2.24, 2.45) is 7.05 Å². The van der Waals surface area contributed by atoms with Crippen molar-refractivity contribution in [3.05, 3.63) is 24.2 Å². The Morgan fingerprint density at radius 1 is 1.12 bits per heavy atom. The molecule has 2 aromatic heterocycles. The summed E-state index contributed by atoms with van der Waals surface area (Å²) in [6, 6.07) is 1.99. The van der Waals surface area contributed by atoms with Gasteiger partial charge in [0.1, 0.15) is 5.52 Å². The highest BCUT2D eigenvalue weighted by atomic mass is 15.2. The van der Waals surface area contributed by atoms with Crippen molar-refractivity contribution >= 4 is 10.9 Å². The van der Waals surface area contributed by atoms with Gasteiger partial charge in [-0.05, 0) is 12.0 Å². The van der Waals surface area contributed by atoms with Crippen molar-refractivity contribution in [3.63, 3.8) is 0 Å². The van der Waals surface area contributed by atoms with Gasteiger partial charge in [0.25, 0.3) is 0 Å². The molecule has 0 spiro atoms. The minimum absolute atomic E-state index is 0.429. The molecule has 2 rings (SSSR count). The number of fused-ring (bicyclic) bond motifs is 1. The minimum atomic E-state index is 0.429. The molecule has 0 saturated heterocycles. The van der Waals surface area contributed by atoms with Crippen molar-refractivity contribution in [2.75, 3.05) is 0 Å². The molecule has 0 aromatic carbocycles. The summed E-state index contributed by atoms with van der Waals surface area (Å²) in [6.07, 6.45) is 3.86. The lowest BCUT2D eigenvalue weighted by Gasteiger charge is -2.03. The molecule has 0 aliphatic heterocycles. The van der Waals surface area contributed by atoms with Crippen LogP contribution in [0.1, 0.15) is 53.2 Å². The molecule has 3 heteroatoms. The number of aromatic nitrogens is 3. The lowest BCUT2D eigenvalue weighted by atomic mass is 10.1. The van der Waals surface area contributed by atoms with Crippen molar-refractivity contribution in [3.8, 4) is 0 Å². The van der Waals surface area contributed by atoms with E-state index in [1.807, 2.05) is 57.9 Å². The summed E-state index contributed by atoms with van der Waals surface area (Å²) in [4.78, 5) is 4.34. The van der Waals surface area contributed by atoms with E-state index in [-0.39, 0.29) is 0 Å². The first-order chi connectivity index (χ1) is 8.18. The summed E-state index contributed by atoms with van der Waals surface area (Å²) >= 11 is 0. The van der Waals surface area contributed by atoms with E-state index in [0.29, 0.717) is 5.92 Å². The maximum Gasteiger partial charge on any atom is 0.114 e. The van der Waals surface area contributed by atoms with Gasteiger partial charge in [0, 0.05) is 24.8 Å². The zero-order valence-electron chi connectivity index (χ0n) is 12.2. The minimum Gasteiger partial charge on any atom is -0.275 e. The second-order valence-corrected chi connectivity index (χ2v) is 3.59. The first-order valence-corrected chi connectivity index (χ1v) is 6.46. The van der Waals surface area contributed by atoms with Crippen LogP contribution in [0.2, 0.25) is 0 Å². The zero-order chi connectivity index (χ0) is 13.4. The van der Waals surface area contributed by atoms with Crippen LogP contribution < -0.4 is 0 Å². The van der Waals surface area contributed by atoms with Gasteiger partial charge in [0.05, 0.1) is 5.69 Å². The molecular weight excluding hydrogens is 210 g/mol. The predicted molar refractivity (Wildman–Crippen MR) is 75.3 cm³/mol. The maximum atomic E-state index is 4.39. The second-order valence-electron chi connectivity index (χ2n) is 3.59. The molecule has 2 heterocycles. The molecule has 2 aromatic rings. The fourth-order valence-electron chi connectivity index (χ4n) is 1.51. The third-order valence-corrected chi connectivity index (χ3v) is 2.11. The molecule has 0 aliphatic carbocycles. The van der Waals surface area contributed by atoms with E-state index in [4.69, 9.17) is 0 Å². The zero-order valence-corrected chi connectivity index (χ0v) is 12.2. The smallest absolute Gasteiger partial charge is 0.114 e. The third kappa shape index (κ3) is 3.84. The monoisotopic (exact) mass is 235 g/mol. The molecule has 0 aliphatic rings. The summed E-state index contributed by atoms with van der Waals surface area (Å²) in [7, 11) is 1.93. The molecule has 0 saturated carbocycles. The summed E-state index contributed by atoms with van der Waals surface area (Å²) in [5, 5.41) is 5.56. The van der Waals surface area contributed by atoms with Crippen molar-refractivity contribution in [1.29, 1.82) is 0 Å². The van der Waals surface area contributed by atoms with Crippen molar-refractivity contribution < 1.29 is 0 Å². The van der Waals surface area contributed by atoms with Crippen LogP contribution in [-0.2, 0) is 7.05 Å². The van der Waals surface area contributed by atoms with E-state index in [9.17, 15) is 0 Å². The molecule has 0 bridgehead atoms. The number of aryl methyl sites for hydroxylation is 1. The Morgan fingerprint density at radius 2 is 1.71 bits per heavy atom. The van der Waals surface area contributed by atoms with Crippen LogP contribution in [0.4, 0.5) is 0 Å². The lowest BCUT2D eigenvalue weighted by molar-refractivity contribution is 0.768. The molecule has 3 nitrogen and oxygen atoms in total. The average molecular weight is 235 g/mol. The Balaban J connectivity index is 0.000000581. The SMILES string of the molecule is CC.CC.CC(C)c1nccc2cn(C)nc12. The molecule has 0 fully saturated rings. The lowest BCUT2D eigenvalue weighted by Crippen LogP contribution is -1.94. The maximum absolute atomic E-state index is 4.39. The number of hydrogen-bond donors (Lipinski definition) is 0. The summed E-state index contributed by atoms with van der Waals surface area (Å²) in [5.41, 5.74) is 2.11. The molecule has 0 N–H and O–H groups in total. The van der Waals surface area contributed by atoms with Gasteiger partial charge in [-0.25, -0.2) is 0 Å². The van der Waals surface area contributed by atoms with E-state index < -0.39 is 0 Å². The fourth-order valence-corrected chi connectivity index (χ4v) is 1.51.